The number of nitrogens with zero attached hydrogens (tertiary/aromatic N) is 2. The van der Waals surface area contributed by atoms with Gasteiger partial charge in [-0.15, -0.1) is 0 Å². The molecule has 0 radical (unpaired) electrons. The topological polar surface area (TPSA) is 64.1 Å². The highest BCUT2D eigenvalue weighted by molar-refractivity contribution is 6.33. The first-order valence-electron chi connectivity index (χ1n) is 7.06. The summed E-state index contributed by atoms with van der Waals surface area (Å²) < 4.78 is 5.08. The molecule has 0 aliphatic rings. The number of rotatable bonds is 7. The molecule has 1 rings (SSSR count). The molecule has 118 valence electrons. The van der Waals surface area contributed by atoms with Crippen LogP contribution in [-0.2, 0) is 4.74 Å². The first kappa shape index (κ1) is 17.9. The molecule has 1 aromatic heterocycles. The third kappa shape index (κ3) is 5.59. The summed E-state index contributed by atoms with van der Waals surface area (Å²) in [5.41, 5.74) is 0.185. The lowest BCUT2D eigenvalue weighted by Crippen LogP contribution is -2.35. The monoisotopic (exact) mass is 313 g/mol. The molecule has 5 nitrogen and oxygen atoms in total. The third-order valence-corrected chi connectivity index (χ3v) is 3.48. The summed E-state index contributed by atoms with van der Waals surface area (Å²) in [6.07, 6.45) is 2.34. The fraction of sp³-hybridized carbons (Fsp3) is 0.667. The van der Waals surface area contributed by atoms with Gasteiger partial charge >= 0.3 is 0 Å². The van der Waals surface area contributed by atoms with Crippen LogP contribution in [-0.4, -0.2) is 36.1 Å². The van der Waals surface area contributed by atoms with Gasteiger partial charge in [-0.1, -0.05) is 39.3 Å². The lowest BCUT2D eigenvalue weighted by Gasteiger charge is -2.24. The van der Waals surface area contributed by atoms with Crippen LogP contribution in [0.15, 0.2) is 6.20 Å². The standard InChI is InChI=1S/C15H24ClN3O2/c1-10(2)13-17-8-11(16)12(19-13)14(20)18-9-15(3,4)6-7-21-5/h8,10H,6-7,9H2,1-5H3,(H,18,20). The Morgan fingerprint density at radius 2 is 2.14 bits per heavy atom. The summed E-state index contributed by atoms with van der Waals surface area (Å²) >= 11 is 6.02. The Morgan fingerprint density at radius 1 is 1.48 bits per heavy atom. The normalized spacial score (nSPS) is 11.8. The predicted molar refractivity (Wildman–Crippen MR) is 83.7 cm³/mol. The van der Waals surface area contributed by atoms with Crippen molar-refractivity contribution in [1.82, 2.24) is 15.3 Å². The molecule has 1 N–H and O–H groups in total. The van der Waals surface area contributed by atoms with E-state index in [1.54, 1.807) is 7.11 Å². The van der Waals surface area contributed by atoms with Gasteiger partial charge in [0.05, 0.1) is 11.2 Å². The van der Waals surface area contributed by atoms with E-state index in [1.165, 1.54) is 6.20 Å². The second-order valence-electron chi connectivity index (χ2n) is 6.17. The maximum atomic E-state index is 12.2. The molecule has 1 amide bonds. The van der Waals surface area contributed by atoms with Crippen LogP contribution in [0.3, 0.4) is 0 Å². The average Bonchev–Trinajstić information content (AvgIpc) is 2.43. The highest BCUT2D eigenvalue weighted by Crippen LogP contribution is 2.20. The van der Waals surface area contributed by atoms with Gasteiger partial charge in [0.1, 0.15) is 11.5 Å². The van der Waals surface area contributed by atoms with Gasteiger partial charge in [0.15, 0.2) is 0 Å². The van der Waals surface area contributed by atoms with Crippen molar-refractivity contribution < 1.29 is 9.53 Å². The quantitative estimate of drug-likeness (QED) is 0.840. The Labute approximate surface area is 131 Å². The molecule has 0 atom stereocenters. The number of hydrogen-bond acceptors (Lipinski definition) is 4. The summed E-state index contributed by atoms with van der Waals surface area (Å²) in [5.74, 6) is 0.491. The van der Waals surface area contributed by atoms with E-state index in [2.05, 4.69) is 29.1 Å². The first-order chi connectivity index (χ1) is 9.76. The highest BCUT2D eigenvalue weighted by atomic mass is 35.5. The van der Waals surface area contributed by atoms with E-state index in [-0.39, 0.29) is 28.0 Å². The number of aromatic nitrogens is 2. The Morgan fingerprint density at radius 3 is 2.71 bits per heavy atom. The Balaban J connectivity index is 2.73. The van der Waals surface area contributed by atoms with Gasteiger partial charge in [0.2, 0.25) is 0 Å². The van der Waals surface area contributed by atoms with Crippen molar-refractivity contribution in [1.29, 1.82) is 0 Å². The minimum Gasteiger partial charge on any atom is -0.385 e. The molecular formula is C15H24ClN3O2. The molecule has 0 spiro atoms. The number of hydrogen-bond donors (Lipinski definition) is 1. The zero-order valence-corrected chi connectivity index (χ0v) is 14.1. The third-order valence-electron chi connectivity index (χ3n) is 3.20. The van der Waals surface area contributed by atoms with E-state index in [0.717, 1.165) is 6.42 Å². The van der Waals surface area contributed by atoms with E-state index in [9.17, 15) is 4.79 Å². The van der Waals surface area contributed by atoms with Crippen molar-refractivity contribution in [3.8, 4) is 0 Å². The minimum atomic E-state index is -0.269. The van der Waals surface area contributed by atoms with E-state index < -0.39 is 0 Å². The van der Waals surface area contributed by atoms with Gasteiger partial charge in [-0.05, 0) is 11.8 Å². The van der Waals surface area contributed by atoms with Crippen LogP contribution in [0, 0.1) is 5.41 Å². The highest BCUT2D eigenvalue weighted by Gasteiger charge is 2.21. The lowest BCUT2D eigenvalue weighted by molar-refractivity contribution is 0.0915. The predicted octanol–water partition coefficient (Wildman–Crippen LogP) is 3.05. The van der Waals surface area contributed by atoms with E-state index in [4.69, 9.17) is 16.3 Å². The number of methoxy groups -OCH3 is 1. The molecule has 0 saturated heterocycles. The molecule has 0 unspecified atom stereocenters. The fourth-order valence-corrected chi connectivity index (χ4v) is 1.87. The van der Waals surface area contributed by atoms with Crippen molar-refractivity contribution in [2.24, 2.45) is 5.41 Å². The van der Waals surface area contributed by atoms with Crippen LogP contribution >= 0.6 is 11.6 Å². The molecule has 1 aromatic rings. The summed E-state index contributed by atoms with van der Waals surface area (Å²) in [6, 6.07) is 0. The average molecular weight is 314 g/mol. The van der Waals surface area contributed by atoms with Crippen LogP contribution in [0.4, 0.5) is 0 Å². The van der Waals surface area contributed by atoms with Gasteiger partial charge in [0.25, 0.3) is 5.91 Å². The zero-order valence-electron chi connectivity index (χ0n) is 13.4. The molecule has 0 aliphatic heterocycles. The Bertz CT molecular complexity index is 490. The molecule has 0 fully saturated rings. The molecule has 6 heteroatoms. The number of halogens is 1. The van der Waals surface area contributed by atoms with Crippen molar-refractivity contribution in [3.05, 3.63) is 22.7 Å². The summed E-state index contributed by atoms with van der Waals surface area (Å²) in [7, 11) is 1.67. The minimum absolute atomic E-state index is 0.0495. The van der Waals surface area contributed by atoms with Crippen LogP contribution in [0.1, 0.15) is 56.3 Å². The van der Waals surface area contributed by atoms with Gasteiger partial charge in [-0.25, -0.2) is 9.97 Å². The summed E-state index contributed by atoms with van der Waals surface area (Å²) in [4.78, 5) is 20.6. The van der Waals surface area contributed by atoms with Crippen LogP contribution in [0.5, 0.6) is 0 Å². The van der Waals surface area contributed by atoms with Gasteiger partial charge in [-0.2, -0.15) is 0 Å². The van der Waals surface area contributed by atoms with Crippen molar-refractivity contribution in [2.75, 3.05) is 20.3 Å². The van der Waals surface area contributed by atoms with E-state index in [1.807, 2.05) is 13.8 Å². The number of amides is 1. The van der Waals surface area contributed by atoms with Crippen molar-refractivity contribution in [2.45, 2.75) is 40.0 Å². The van der Waals surface area contributed by atoms with Gasteiger partial charge < -0.3 is 10.1 Å². The molecule has 0 aliphatic carbocycles. The molecule has 0 saturated carbocycles. The number of carbonyl (C=O) groups is 1. The maximum Gasteiger partial charge on any atom is 0.271 e. The van der Waals surface area contributed by atoms with Crippen molar-refractivity contribution in [3.63, 3.8) is 0 Å². The fourth-order valence-electron chi connectivity index (χ4n) is 1.69. The SMILES string of the molecule is COCCC(C)(C)CNC(=O)c1nc(C(C)C)ncc1Cl. The second-order valence-corrected chi connectivity index (χ2v) is 6.58. The first-order valence-corrected chi connectivity index (χ1v) is 7.44. The summed E-state index contributed by atoms with van der Waals surface area (Å²) in [5, 5.41) is 3.16. The van der Waals surface area contributed by atoms with Crippen LogP contribution < -0.4 is 5.32 Å². The van der Waals surface area contributed by atoms with Crippen LogP contribution in [0.25, 0.3) is 0 Å². The van der Waals surface area contributed by atoms with Gasteiger partial charge in [0, 0.05) is 26.2 Å². The number of nitrogens with one attached hydrogen (secondary N) is 1. The van der Waals surface area contributed by atoms with Crippen molar-refractivity contribution >= 4 is 17.5 Å². The molecular weight excluding hydrogens is 290 g/mol. The number of ether oxygens (including phenoxy) is 1. The molecule has 0 aromatic carbocycles. The zero-order chi connectivity index (χ0) is 16.0. The van der Waals surface area contributed by atoms with Gasteiger partial charge in [-0.3, -0.25) is 4.79 Å². The largest absolute Gasteiger partial charge is 0.385 e. The van der Waals surface area contributed by atoms with E-state index >= 15 is 0 Å². The Hall–Kier alpha value is -1.20. The van der Waals surface area contributed by atoms with Crippen LogP contribution in [0.2, 0.25) is 5.02 Å². The summed E-state index contributed by atoms with van der Waals surface area (Å²) in [6.45, 7) is 9.29. The maximum absolute atomic E-state index is 12.2. The van der Waals surface area contributed by atoms with E-state index in [0.29, 0.717) is 19.0 Å². The number of carbonyl (C=O) groups excluding carboxylic acids is 1. The smallest absolute Gasteiger partial charge is 0.271 e. The Kier molecular flexibility index (Phi) is 6.55. The second kappa shape index (κ2) is 7.71. The molecule has 1 heterocycles. The molecule has 0 bridgehead atoms. The molecule has 21 heavy (non-hydrogen) atoms. The lowest BCUT2D eigenvalue weighted by atomic mass is 9.89.